The second kappa shape index (κ2) is 11.3. The van der Waals surface area contributed by atoms with Crippen molar-refractivity contribution in [3.8, 4) is 5.75 Å². The summed E-state index contributed by atoms with van der Waals surface area (Å²) in [6.45, 7) is 4.53. The lowest BCUT2D eigenvalue weighted by atomic mass is 9.98. The lowest BCUT2D eigenvalue weighted by Gasteiger charge is -2.33. The molecule has 4 rings (SSSR count). The molecule has 1 aliphatic rings. The van der Waals surface area contributed by atoms with Gasteiger partial charge in [-0.25, -0.2) is 13.4 Å². The van der Waals surface area contributed by atoms with Crippen molar-refractivity contribution in [2.45, 2.75) is 30.4 Å². The number of piperidine rings is 1. The van der Waals surface area contributed by atoms with Crippen LogP contribution in [0.3, 0.4) is 0 Å². The number of carbonyl (C=O) groups excluding carboxylic acids is 1. The topological polar surface area (TPSA) is 83.1 Å². The molecule has 1 unspecified atom stereocenters. The van der Waals surface area contributed by atoms with Gasteiger partial charge in [0, 0.05) is 19.6 Å². The molecule has 0 aliphatic carbocycles. The molecule has 8 nitrogen and oxygen atoms in total. The van der Waals surface area contributed by atoms with Crippen LogP contribution in [0.5, 0.6) is 5.75 Å². The van der Waals surface area contributed by atoms with Gasteiger partial charge in [-0.1, -0.05) is 17.4 Å². The van der Waals surface area contributed by atoms with Gasteiger partial charge in [-0.15, -0.1) is 11.3 Å². The highest BCUT2D eigenvalue weighted by atomic mass is 32.2. The number of sulfonamides is 1. The highest BCUT2D eigenvalue weighted by Crippen LogP contribution is 2.34. The summed E-state index contributed by atoms with van der Waals surface area (Å²) < 4.78 is 34.6. The number of hydrogen-bond acceptors (Lipinski definition) is 8. The van der Waals surface area contributed by atoms with E-state index < -0.39 is 15.9 Å². The minimum absolute atomic E-state index is 0.0566. The van der Waals surface area contributed by atoms with Crippen molar-refractivity contribution < 1.29 is 17.9 Å². The Balaban J connectivity index is 1.58. The van der Waals surface area contributed by atoms with Crippen LogP contribution in [0.15, 0.2) is 39.9 Å². The summed E-state index contributed by atoms with van der Waals surface area (Å²) in [7, 11) is 0.428. The van der Waals surface area contributed by atoms with E-state index in [0.717, 1.165) is 28.9 Å². The van der Waals surface area contributed by atoms with Gasteiger partial charge in [0.05, 0.1) is 22.7 Å². The van der Waals surface area contributed by atoms with E-state index in [0.29, 0.717) is 41.9 Å². The number of carbonyl (C=O) groups is 1. The summed E-state index contributed by atoms with van der Waals surface area (Å²) in [4.78, 5) is 22.4. The number of thiophene rings is 1. The number of fused-ring (bicyclic) bond motifs is 1. The summed E-state index contributed by atoms with van der Waals surface area (Å²) in [5.41, 5.74) is 0.824. The zero-order valence-corrected chi connectivity index (χ0v) is 22.8. The van der Waals surface area contributed by atoms with Crippen LogP contribution >= 0.6 is 22.7 Å². The van der Waals surface area contributed by atoms with Crippen LogP contribution in [0.25, 0.3) is 10.2 Å². The first-order chi connectivity index (χ1) is 16.8. The summed E-state index contributed by atoms with van der Waals surface area (Å²) in [5, 5.41) is 2.41. The van der Waals surface area contributed by atoms with Crippen molar-refractivity contribution >= 4 is 54.0 Å². The van der Waals surface area contributed by atoms with Gasteiger partial charge >= 0.3 is 0 Å². The zero-order valence-electron chi connectivity index (χ0n) is 20.3. The Morgan fingerprint density at radius 1 is 1.26 bits per heavy atom. The van der Waals surface area contributed by atoms with Gasteiger partial charge < -0.3 is 9.64 Å². The Morgan fingerprint density at radius 3 is 2.80 bits per heavy atom. The number of rotatable bonds is 10. The van der Waals surface area contributed by atoms with E-state index in [1.807, 2.05) is 39.2 Å². The standard InChI is InChI=1S/C24H32N4O4S3/c1-4-32-19-10-11-20-21(16-19)34-24(25-20)28(14-7-12-26(2)3)23(29)18-8-5-13-27(17-18)35(30,31)22-9-6-15-33-22/h6,9-11,15-16,18H,4-5,7-8,12-14,17H2,1-3H3. The third-order valence-corrected chi connectivity index (χ3v) is 10.2. The molecule has 190 valence electrons. The molecule has 0 spiro atoms. The summed E-state index contributed by atoms with van der Waals surface area (Å²) in [6, 6.07) is 9.12. The SMILES string of the molecule is CCOc1ccc2nc(N(CCCN(C)C)C(=O)C3CCCN(S(=O)(=O)c4cccs4)C3)sc2c1. The molecule has 0 saturated carbocycles. The van der Waals surface area contributed by atoms with Gasteiger partial charge in [0.1, 0.15) is 9.96 Å². The Labute approximate surface area is 215 Å². The number of anilines is 1. The molecule has 35 heavy (non-hydrogen) atoms. The van der Waals surface area contributed by atoms with Gasteiger partial charge in [-0.05, 0) is 76.5 Å². The highest BCUT2D eigenvalue weighted by molar-refractivity contribution is 7.91. The average molecular weight is 537 g/mol. The molecule has 3 aromatic rings. The maximum absolute atomic E-state index is 13.8. The third kappa shape index (κ3) is 6.03. The fraction of sp³-hybridized carbons (Fsp3) is 0.500. The Morgan fingerprint density at radius 2 is 2.09 bits per heavy atom. The molecule has 11 heteroatoms. The van der Waals surface area contributed by atoms with Crippen LogP contribution in [-0.2, 0) is 14.8 Å². The Bertz CT molecular complexity index is 1240. The molecule has 1 fully saturated rings. The minimum Gasteiger partial charge on any atom is -0.494 e. The van der Waals surface area contributed by atoms with E-state index >= 15 is 0 Å². The second-order valence-electron chi connectivity index (χ2n) is 8.84. The van der Waals surface area contributed by atoms with Gasteiger partial charge in [0.15, 0.2) is 5.13 Å². The van der Waals surface area contributed by atoms with Crippen LogP contribution in [0.4, 0.5) is 5.13 Å². The predicted molar refractivity (Wildman–Crippen MR) is 142 cm³/mol. The molecule has 1 amide bonds. The first kappa shape index (κ1) is 26.0. The number of nitrogens with zero attached hydrogens (tertiary/aromatic N) is 4. The van der Waals surface area contributed by atoms with Crippen molar-refractivity contribution in [1.29, 1.82) is 0 Å². The van der Waals surface area contributed by atoms with Crippen molar-refractivity contribution in [3.63, 3.8) is 0 Å². The predicted octanol–water partition coefficient (Wildman–Crippen LogP) is 4.14. The maximum Gasteiger partial charge on any atom is 0.252 e. The van der Waals surface area contributed by atoms with Crippen LogP contribution in [0, 0.1) is 5.92 Å². The number of thiazole rings is 1. The molecule has 2 aromatic heterocycles. The fourth-order valence-corrected chi connectivity index (χ4v) is 7.92. The molecular formula is C24H32N4O4S3. The largest absolute Gasteiger partial charge is 0.494 e. The summed E-state index contributed by atoms with van der Waals surface area (Å²) in [6.07, 6.45) is 2.12. The monoisotopic (exact) mass is 536 g/mol. The fourth-order valence-electron chi connectivity index (χ4n) is 4.23. The molecule has 3 heterocycles. The number of hydrogen-bond donors (Lipinski definition) is 0. The van der Waals surface area contributed by atoms with Crippen LogP contribution in [0.2, 0.25) is 0 Å². The van der Waals surface area contributed by atoms with E-state index in [2.05, 4.69) is 4.90 Å². The molecule has 0 N–H and O–H groups in total. The minimum atomic E-state index is -3.59. The molecule has 0 radical (unpaired) electrons. The Kier molecular flexibility index (Phi) is 8.43. The quantitative estimate of drug-likeness (QED) is 0.387. The van der Waals surface area contributed by atoms with Crippen molar-refractivity contribution in [2.24, 2.45) is 5.92 Å². The number of ether oxygens (including phenoxy) is 1. The van der Waals surface area contributed by atoms with Crippen LogP contribution in [0.1, 0.15) is 26.2 Å². The first-order valence-corrected chi connectivity index (χ1v) is 15.0. The lowest BCUT2D eigenvalue weighted by molar-refractivity contribution is -0.123. The van der Waals surface area contributed by atoms with Gasteiger partial charge in [0.2, 0.25) is 5.91 Å². The van der Waals surface area contributed by atoms with Gasteiger partial charge in [-0.2, -0.15) is 4.31 Å². The molecule has 1 aromatic carbocycles. The second-order valence-corrected chi connectivity index (χ2v) is 13.0. The van der Waals surface area contributed by atoms with E-state index in [9.17, 15) is 13.2 Å². The van der Waals surface area contributed by atoms with Gasteiger partial charge in [-0.3, -0.25) is 9.69 Å². The number of amides is 1. The molecule has 1 aliphatic heterocycles. The maximum atomic E-state index is 13.8. The summed E-state index contributed by atoms with van der Waals surface area (Å²) >= 11 is 2.68. The number of benzene rings is 1. The third-order valence-electron chi connectivity index (χ3n) is 5.97. The van der Waals surface area contributed by atoms with E-state index in [1.54, 1.807) is 22.4 Å². The van der Waals surface area contributed by atoms with Crippen molar-refractivity contribution in [3.05, 3.63) is 35.7 Å². The smallest absolute Gasteiger partial charge is 0.252 e. The van der Waals surface area contributed by atoms with Crippen molar-refractivity contribution in [1.82, 2.24) is 14.2 Å². The Hall–Kier alpha value is -2.05. The van der Waals surface area contributed by atoms with E-state index in [-0.39, 0.29) is 12.5 Å². The lowest BCUT2D eigenvalue weighted by Crippen LogP contribution is -2.47. The first-order valence-electron chi connectivity index (χ1n) is 11.8. The summed E-state index contributed by atoms with van der Waals surface area (Å²) in [5.74, 6) is 0.324. The highest BCUT2D eigenvalue weighted by Gasteiger charge is 2.36. The normalized spacial score (nSPS) is 17.2. The zero-order chi connectivity index (χ0) is 25.0. The molecular weight excluding hydrogens is 504 g/mol. The van der Waals surface area contributed by atoms with E-state index in [4.69, 9.17) is 9.72 Å². The van der Waals surface area contributed by atoms with Crippen LogP contribution < -0.4 is 9.64 Å². The van der Waals surface area contributed by atoms with Crippen molar-refractivity contribution in [2.75, 3.05) is 51.8 Å². The van der Waals surface area contributed by atoms with Gasteiger partial charge in [0.25, 0.3) is 10.0 Å². The molecule has 0 bridgehead atoms. The molecule has 1 atom stereocenters. The van der Waals surface area contributed by atoms with E-state index in [1.165, 1.54) is 27.0 Å². The average Bonchev–Trinajstić information content (AvgIpc) is 3.52. The number of aromatic nitrogens is 1. The molecule has 1 saturated heterocycles. The van der Waals surface area contributed by atoms with Crippen LogP contribution in [-0.4, -0.2) is 75.4 Å².